The quantitative estimate of drug-likeness (QED) is 0.0651. The molecule has 0 radical (unpaired) electrons. The predicted octanol–water partition coefficient (Wildman–Crippen LogP) is 11.8. The summed E-state index contributed by atoms with van der Waals surface area (Å²) in [7, 11) is -8.95. The van der Waals surface area contributed by atoms with Crippen molar-refractivity contribution in [2.24, 2.45) is 0 Å². The van der Waals surface area contributed by atoms with Gasteiger partial charge in [0.05, 0.1) is 14.7 Å². The van der Waals surface area contributed by atoms with Gasteiger partial charge in [0.2, 0.25) is 16.6 Å². The van der Waals surface area contributed by atoms with E-state index in [4.69, 9.17) is 23.3 Å². The Kier molecular flexibility index (Phi) is 12.7. The summed E-state index contributed by atoms with van der Waals surface area (Å²) in [6, 6.07) is 33.4. The molecule has 0 heterocycles. The van der Waals surface area contributed by atoms with Crippen molar-refractivity contribution < 1.29 is 22.0 Å². The average Bonchev–Trinajstić information content (AvgIpc) is 3.32. The summed E-state index contributed by atoms with van der Waals surface area (Å²) >= 11 is 0. The molecule has 0 saturated heterocycles. The molecule has 4 aromatic rings. The fraction of sp³-hybridized carbons (Fsp3) is 0.395. The van der Waals surface area contributed by atoms with Crippen LogP contribution in [-0.4, -0.2) is 62.5 Å². The molecule has 0 bridgehead atoms. The van der Waals surface area contributed by atoms with Crippen molar-refractivity contribution in [3.8, 4) is 29.2 Å². The first-order valence-corrected chi connectivity index (χ1v) is 34.5. The van der Waals surface area contributed by atoms with Crippen molar-refractivity contribution in [3.05, 3.63) is 108 Å². The molecule has 54 heavy (non-hydrogen) atoms. The molecule has 4 aromatic carbocycles. The average molecular weight is 816 g/mol. The fourth-order valence-corrected chi connectivity index (χ4v) is 26.8. The minimum atomic E-state index is -2.07. The lowest BCUT2D eigenvalue weighted by atomic mass is 9.92. The summed E-state index contributed by atoms with van der Waals surface area (Å²) in [5, 5.41) is 12.9. The zero-order valence-corrected chi connectivity index (χ0v) is 39.1. The standard InChI is InChI=1S/C43H61NO5SSi4/c1-13-43(45)41-26-24-37(44(35-20-16-14-17-21-35)36-22-18-15-19-23-36)32-39(41)40-33-38(25-27-42(40)43)46-28-29-47-54(11,12)31-30-50(34-51(2,3)4,48-52(5,6)7)49-53(8,9)10/h1,14-27,32-33,45H,28-31,34H2,2-12H3. The highest BCUT2D eigenvalue weighted by Crippen LogP contribution is 2.57. The summed E-state index contributed by atoms with van der Waals surface area (Å²) in [6.07, 6.45) is 6.03. The Labute approximate surface area is 331 Å². The number of ether oxygens (including phenoxy) is 1. The number of terminal acetylenes is 1. The van der Waals surface area contributed by atoms with Crippen molar-refractivity contribution in [2.75, 3.05) is 29.2 Å². The Morgan fingerprint density at radius 1 is 0.667 bits per heavy atom. The fourth-order valence-electron chi connectivity index (χ4n) is 7.02. The summed E-state index contributed by atoms with van der Waals surface area (Å²) < 4.78 is 27.1. The monoisotopic (exact) mass is 815 g/mol. The van der Waals surface area contributed by atoms with E-state index in [1.165, 1.54) is 0 Å². The summed E-state index contributed by atoms with van der Waals surface area (Å²) in [4.78, 5) is 2.21. The van der Waals surface area contributed by atoms with Crippen molar-refractivity contribution in [1.29, 1.82) is 0 Å². The lowest BCUT2D eigenvalue weighted by Crippen LogP contribution is -2.44. The minimum absolute atomic E-state index is 0.418. The van der Waals surface area contributed by atoms with Crippen molar-refractivity contribution >= 4 is 60.7 Å². The number of rotatable bonds is 17. The zero-order chi connectivity index (χ0) is 39.6. The molecule has 1 atom stereocenters. The van der Waals surface area contributed by atoms with Crippen LogP contribution in [0, 0.1) is 12.3 Å². The van der Waals surface area contributed by atoms with Gasteiger partial charge < -0.3 is 26.9 Å². The van der Waals surface area contributed by atoms with Crippen LogP contribution >= 0.6 is 10.6 Å². The van der Waals surface area contributed by atoms with Crippen LogP contribution in [0.5, 0.6) is 5.75 Å². The SMILES string of the molecule is C#CC1(O)c2ccc(OCCO[Si](C)(C)CCS(C[Si](C)(C)C)(O[Si](C)(C)C)O[Si](C)(C)C)cc2-c2cc(N(c3ccccc3)c3ccccc3)ccc21. The summed E-state index contributed by atoms with van der Waals surface area (Å²) in [6.45, 7) is 26.5. The normalized spacial score (nSPS) is 16.4. The van der Waals surface area contributed by atoms with Crippen molar-refractivity contribution in [2.45, 2.75) is 83.7 Å². The van der Waals surface area contributed by atoms with Crippen LogP contribution in [0.3, 0.4) is 0 Å². The van der Waals surface area contributed by atoms with E-state index in [1.54, 1.807) is 0 Å². The van der Waals surface area contributed by atoms with E-state index in [-0.39, 0.29) is 0 Å². The lowest BCUT2D eigenvalue weighted by molar-refractivity contribution is 0.150. The highest BCUT2D eigenvalue weighted by Gasteiger charge is 2.42. The molecule has 290 valence electrons. The number of hydrogen-bond donors (Lipinski definition) is 1. The Morgan fingerprint density at radius 3 is 1.69 bits per heavy atom. The summed E-state index contributed by atoms with van der Waals surface area (Å²) in [5.41, 5.74) is 4.64. The Balaban J connectivity index is 1.33. The van der Waals surface area contributed by atoms with E-state index in [2.05, 4.69) is 113 Å². The molecule has 1 unspecified atom stereocenters. The lowest BCUT2D eigenvalue weighted by Gasteiger charge is -2.54. The van der Waals surface area contributed by atoms with Gasteiger partial charge in [-0.2, -0.15) is 0 Å². The van der Waals surface area contributed by atoms with Gasteiger partial charge in [-0.15, -0.1) is 6.42 Å². The zero-order valence-electron chi connectivity index (χ0n) is 34.3. The molecule has 6 nitrogen and oxygen atoms in total. The Hall–Kier alpha value is -2.90. The van der Waals surface area contributed by atoms with Crippen LogP contribution in [-0.2, 0) is 17.8 Å². The van der Waals surface area contributed by atoms with Crippen molar-refractivity contribution in [1.82, 2.24) is 0 Å². The number of fused-ring (bicyclic) bond motifs is 3. The number of para-hydroxylation sites is 2. The van der Waals surface area contributed by atoms with E-state index < -0.39 is 49.2 Å². The largest absolute Gasteiger partial charge is 0.491 e. The topological polar surface area (TPSA) is 60.4 Å². The molecule has 0 spiro atoms. The Morgan fingerprint density at radius 2 is 1.19 bits per heavy atom. The van der Waals surface area contributed by atoms with Gasteiger partial charge in [-0.25, -0.2) is 10.6 Å². The number of aliphatic hydroxyl groups is 1. The van der Waals surface area contributed by atoms with Crippen LogP contribution in [0.2, 0.25) is 78.1 Å². The first-order chi connectivity index (χ1) is 25.1. The number of nitrogens with zero attached hydrogens (tertiary/aromatic N) is 1. The molecule has 0 amide bonds. The molecule has 0 aromatic heterocycles. The molecule has 1 aliphatic rings. The second-order valence-corrected chi connectivity index (χ2v) is 40.3. The molecule has 11 heteroatoms. The van der Waals surface area contributed by atoms with Gasteiger partial charge in [0.1, 0.15) is 12.4 Å². The van der Waals surface area contributed by atoms with Gasteiger partial charge >= 0.3 is 0 Å². The van der Waals surface area contributed by atoms with Crippen LogP contribution in [0.4, 0.5) is 17.1 Å². The third kappa shape index (κ3) is 10.7. The minimum Gasteiger partial charge on any atom is -0.491 e. The van der Waals surface area contributed by atoms with Gasteiger partial charge in [0.25, 0.3) is 0 Å². The van der Waals surface area contributed by atoms with E-state index in [1.807, 2.05) is 66.7 Å². The van der Waals surface area contributed by atoms with Crippen LogP contribution < -0.4 is 9.64 Å². The first kappa shape index (κ1) is 42.2. The molecule has 5 rings (SSSR count). The summed E-state index contributed by atoms with van der Waals surface area (Å²) in [5.74, 6) is 4.33. The third-order valence-electron chi connectivity index (χ3n) is 8.88. The maximum atomic E-state index is 11.8. The second-order valence-electron chi connectivity index (χ2n) is 18.0. The predicted molar refractivity (Wildman–Crippen MR) is 242 cm³/mol. The molecule has 0 aliphatic heterocycles. The van der Waals surface area contributed by atoms with Gasteiger partial charge in [-0.3, -0.25) is 0 Å². The number of benzene rings is 4. The molecular weight excluding hydrogens is 755 g/mol. The van der Waals surface area contributed by atoms with E-state index in [0.29, 0.717) is 30.1 Å². The molecule has 0 saturated carbocycles. The first-order valence-electron chi connectivity index (χ1n) is 19.0. The highest BCUT2D eigenvalue weighted by molar-refractivity contribution is 8.28. The van der Waals surface area contributed by atoms with Crippen molar-refractivity contribution in [3.63, 3.8) is 0 Å². The highest BCUT2D eigenvalue weighted by atomic mass is 32.3. The van der Waals surface area contributed by atoms with Crippen LogP contribution in [0.25, 0.3) is 11.1 Å². The second kappa shape index (κ2) is 16.3. The molecule has 0 fully saturated rings. The molecule has 1 N–H and O–H groups in total. The molecule has 1 aliphatic carbocycles. The van der Waals surface area contributed by atoms with Gasteiger partial charge in [-0.05, 0) is 118 Å². The Bertz CT molecular complexity index is 1850. The van der Waals surface area contributed by atoms with Gasteiger partial charge in [0.15, 0.2) is 13.9 Å². The van der Waals surface area contributed by atoms with E-state index in [9.17, 15) is 5.11 Å². The van der Waals surface area contributed by atoms with E-state index >= 15 is 0 Å². The van der Waals surface area contributed by atoms with Crippen LogP contribution in [0.15, 0.2) is 97.1 Å². The number of anilines is 3. The smallest absolute Gasteiger partial charge is 0.215 e. The van der Waals surface area contributed by atoms with Gasteiger partial charge in [0, 0.05) is 39.3 Å². The maximum absolute atomic E-state index is 11.8. The molecular formula is C43H61NO5SSi4. The van der Waals surface area contributed by atoms with Crippen LogP contribution in [0.1, 0.15) is 11.1 Å². The van der Waals surface area contributed by atoms with E-state index in [0.717, 1.165) is 45.4 Å². The van der Waals surface area contributed by atoms with Gasteiger partial charge in [-0.1, -0.05) is 74.1 Å². The maximum Gasteiger partial charge on any atom is 0.215 e. The third-order valence-corrected chi connectivity index (χ3v) is 24.2. The number of hydrogen-bond acceptors (Lipinski definition) is 6.